The first-order chi connectivity index (χ1) is 7.88. The largest absolute Gasteiger partial charge is 0.506 e. The van der Waals surface area contributed by atoms with Crippen molar-refractivity contribution in [1.29, 1.82) is 0 Å². The standard InChI is InChI=1S/C12H15Cl3OS/c1-4-9(6(2)3)17-12-7(13)5-8(16)10(14)11(12)15/h5-6,9,16H,4H2,1-3H3. The minimum atomic E-state index is -0.0800. The highest BCUT2D eigenvalue weighted by Crippen LogP contribution is 2.46. The van der Waals surface area contributed by atoms with Gasteiger partial charge in [-0.05, 0) is 12.3 Å². The van der Waals surface area contributed by atoms with Gasteiger partial charge in [0.05, 0.1) is 10.0 Å². The summed E-state index contributed by atoms with van der Waals surface area (Å²) >= 11 is 19.7. The number of hydrogen-bond donors (Lipinski definition) is 1. The average molecular weight is 314 g/mol. The van der Waals surface area contributed by atoms with Crippen LogP contribution in [0.25, 0.3) is 0 Å². The van der Waals surface area contributed by atoms with Gasteiger partial charge in [-0.2, -0.15) is 0 Å². The first-order valence-corrected chi connectivity index (χ1v) is 7.42. The Morgan fingerprint density at radius 3 is 2.29 bits per heavy atom. The molecule has 0 aliphatic heterocycles. The summed E-state index contributed by atoms with van der Waals surface area (Å²) in [5.74, 6) is 0.438. The van der Waals surface area contributed by atoms with E-state index in [0.717, 1.165) is 11.3 Å². The van der Waals surface area contributed by atoms with Crippen molar-refractivity contribution < 1.29 is 5.11 Å². The fourth-order valence-electron chi connectivity index (χ4n) is 1.52. The fraction of sp³-hybridized carbons (Fsp3) is 0.500. The second-order valence-corrected chi connectivity index (χ2v) is 6.56. The van der Waals surface area contributed by atoms with Crippen LogP contribution in [0.2, 0.25) is 15.1 Å². The maximum Gasteiger partial charge on any atom is 0.137 e. The SMILES string of the molecule is CCC(Sc1c(Cl)cc(O)c(Cl)c1Cl)C(C)C. The maximum atomic E-state index is 9.50. The number of phenols is 1. The second kappa shape index (κ2) is 6.42. The van der Waals surface area contributed by atoms with E-state index in [9.17, 15) is 5.11 Å². The lowest BCUT2D eigenvalue weighted by Gasteiger charge is -2.20. The van der Waals surface area contributed by atoms with Gasteiger partial charge in [0.2, 0.25) is 0 Å². The van der Waals surface area contributed by atoms with Crippen molar-refractivity contribution in [1.82, 2.24) is 0 Å². The second-order valence-electron chi connectivity index (χ2n) is 4.14. The monoisotopic (exact) mass is 312 g/mol. The van der Waals surface area contributed by atoms with Crippen molar-refractivity contribution in [3.8, 4) is 5.75 Å². The molecule has 1 nitrogen and oxygen atoms in total. The molecule has 1 N–H and O–H groups in total. The summed E-state index contributed by atoms with van der Waals surface area (Å²) in [5, 5.41) is 10.9. The first-order valence-electron chi connectivity index (χ1n) is 5.41. The van der Waals surface area contributed by atoms with Crippen LogP contribution in [0.4, 0.5) is 0 Å². The zero-order chi connectivity index (χ0) is 13.2. The molecular formula is C12H15Cl3OS. The summed E-state index contributed by atoms with van der Waals surface area (Å²) in [6.07, 6.45) is 1.02. The molecule has 5 heteroatoms. The lowest BCUT2D eigenvalue weighted by molar-refractivity contribution is 0.475. The third kappa shape index (κ3) is 3.60. The van der Waals surface area contributed by atoms with Gasteiger partial charge in [-0.15, -0.1) is 11.8 Å². The Bertz CT molecular complexity index is 407. The summed E-state index contributed by atoms with van der Waals surface area (Å²) in [6, 6.07) is 1.44. The molecule has 1 rings (SSSR count). The number of aromatic hydroxyl groups is 1. The quantitative estimate of drug-likeness (QED) is 0.553. The number of hydrogen-bond acceptors (Lipinski definition) is 2. The van der Waals surface area contributed by atoms with Crippen LogP contribution >= 0.6 is 46.6 Å². The fourth-order valence-corrected chi connectivity index (χ4v) is 3.55. The van der Waals surface area contributed by atoms with Crippen molar-refractivity contribution in [2.24, 2.45) is 5.92 Å². The molecule has 0 radical (unpaired) electrons. The van der Waals surface area contributed by atoms with Crippen molar-refractivity contribution in [3.05, 3.63) is 21.1 Å². The van der Waals surface area contributed by atoms with Crippen LogP contribution < -0.4 is 0 Å². The molecule has 1 atom stereocenters. The molecule has 0 aliphatic rings. The molecule has 0 aliphatic carbocycles. The molecule has 0 saturated heterocycles. The Labute approximate surface area is 121 Å². The Balaban J connectivity index is 3.10. The van der Waals surface area contributed by atoms with E-state index in [1.165, 1.54) is 6.07 Å². The molecule has 96 valence electrons. The molecule has 0 fully saturated rings. The van der Waals surface area contributed by atoms with Gasteiger partial charge in [0.1, 0.15) is 10.8 Å². The smallest absolute Gasteiger partial charge is 0.137 e. The van der Waals surface area contributed by atoms with E-state index in [1.54, 1.807) is 11.8 Å². The van der Waals surface area contributed by atoms with Gasteiger partial charge in [0.25, 0.3) is 0 Å². The predicted molar refractivity (Wildman–Crippen MR) is 77.9 cm³/mol. The minimum Gasteiger partial charge on any atom is -0.506 e. The summed E-state index contributed by atoms with van der Waals surface area (Å²) in [6.45, 7) is 6.44. The maximum absolute atomic E-state index is 9.50. The molecule has 0 aromatic heterocycles. The summed E-state index contributed by atoms with van der Waals surface area (Å²) < 4.78 is 0. The lowest BCUT2D eigenvalue weighted by Crippen LogP contribution is -2.09. The molecule has 1 aromatic carbocycles. The zero-order valence-electron chi connectivity index (χ0n) is 9.93. The Morgan fingerprint density at radius 2 is 1.82 bits per heavy atom. The van der Waals surface area contributed by atoms with Crippen molar-refractivity contribution >= 4 is 46.6 Å². The number of thioether (sulfide) groups is 1. The molecule has 1 aromatic rings. The zero-order valence-corrected chi connectivity index (χ0v) is 13.0. The Morgan fingerprint density at radius 1 is 1.24 bits per heavy atom. The lowest BCUT2D eigenvalue weighted by atomic mass is 10.1. The predicted octanol–water partition coefficient (Wildman–Crippen LogP) is 5.88. The molecule has 0 bridgehead atoms. The van der Waals surface area contributed by atoms with E-state index in [4.69, 9.17) is 34.8 Å². The average Bonchev–Trinajstić information content (AvgIpc) is 2.26. The van der Waals surface area contributed by atoms with Gasteiger partial charge in [0, 0.05) is 16.2 Å². The van der Waals surface area contributed by atoms with E-state index in [-0.39, 0.29) is 10.8 Å². The number of halogens is 3. The third-order valence-corrected chi connectivity index (χ3v) is 5.73. The van der Waals surface area contributed by atoms with Crippen LogP contribution in [-0.4, -0.2) is 10.4 Å². The van der Waals surface area contributed by atoms with Gasteiger partial charge < -0.3 is 5.11 Å². The summed E-state index contributed by atoms with van der Waals surface area (Å²) in [7, 11) is 0. The molecule has 0 amide bonds. The molecule has 1 unspecified atom stereocenters. The van der Waals surface area contributed by atoms with Gasteiger partial charge in [-0.3, -0.25) is 0 Å². The van der Waals surface area contributed by atoms with Gasteiger partial charge in [0.15, 0.2) is 0 Å². The Kier molecular flexibility index (Phi) is 5.78. The van der Waals surface area contributed by atoms with Gasteiger partial charge in [-0.25, -0.2) is 0 Å². The van der Waals surface area contributed by atoms with E-state index < -0.39 is 0 Å². The van der Waals surface area contributed by atoms with Crippen LogP contribution in [0.5, 0.6) is 5.75 Å². The first kappa shape index (κ1) is 15.3. The van der Waals surface area contributed by atoms with Crippen LogP contribution in [0.1, 0.15) is 27.2 Å². The van der Waals surface area contributed by atoms with Gasteiger partial charge >= 0.3 is 0 Å². The van der Waals surface area contributed by atoms with Crippen LogP contribution in [0.15, 0.2) is 11.0 Å². The molecule has 17 heavy (non-hydrogen) atoms. The molecule has 0 heterocycles. The number of phenolic OH excluding ortho intramolecular Hbond substituents is 1. The highest BCUT2D eigenvalue weighted by Gasteiger charge is 2.20. The van der Waals surface area contributed by atoms with Crippen LogP contribution in [-0.2, 0) is 0 Å². The van der Waals surface area contributed by atoms with E-state index in [2.05, 4.69) is 20.8 Å². The molecular weight excluding hydrogens is 299 g/mol. The van der Waals surface area contributed by atoms with Crippen molar-refractivity contribution in [2.45, 2.75) is 37.3 Å². The van der Waals surface area contributed by atoms with Gasteiger partial charge in [-0.1, -0.05) is 55.6 Å². The third-order valence-electron chi connectivity index (χ3n) is 2.51. The van der Waals surface area contributed by atoms with E-state index >= 15 is 0 Å². The van der Waals surface area contributed by atoms with Crippen LogP contribution in [0.3, 0.4) is 0 Å². The minimum absolute atomic E-state index is 0.0800. The number of rotatable bonds is 4. The summed E-state index contributed by atoms with van der Waals surface area (Å²) in [5.41, 5.74) is 0. The summed E-state index contributed by atoms with van der Waals surface area (Å²) in [4.78, 5) is 0.747. The van der Waals surface area contributed by atoms with Crippen molar-refractivity contribution in [2.75, 3.05) is 0 Å². The normalized spacial score (nSPS) is 13.1. The van der Waals surface area contributed by atoms with Crippen molar-refractivity contribution in [3.63, 3.8) is 0 Å². The highest BCUT2D eigenvalue weighted by molar-refractivity contribution is 8.00. The van der Waals surface area contributed by atoms with E-state index in [1.807, 2.05) is 0 Å². The number of benzene rings is 1. The topological polar surface area (TPSA) is 20.2 Å². The molecule has 0 saturated carbocycles. The molecule has 0 spiro atoms. The van der Waals surface area contributed by atoms with Crippen LogP contribution in [0, 0.1) is 5.92 Å². The Hall–Kier alpha value is 0.240. The van der Waals surface area contributed by atoms with E-state index in [0.29, 0.717) is 21.2 Å². The highest BCUT2D eigenvalue weighted by atomic mass is 35.5.